The van der Waals surface area contributed by atoms with Gasteiger partial charge in [0.05, 0.1) is 12.0 Å². The Labute approximate surface area is 233 Å². The van der Waals surface area contributed by atoms with Gasteiger partial charge in [0.15, 0.2) is 0 Å². The van der Waals surface area contributed by atoms with Crippen LogP contribution in [0.3, 0.4) is 0 Å². The molecule has 3 aromatic rings. The largest absolute Gasteiger partial charge is 0.411 e. The molecular weight excluding hydrogens is 572 g/mol. The number of hydrogen-bond donors (Lipinski definition) is 3. The van der Waals surface area contributed by atoms with Crippen LogP contribution in [0, 0.1) is 0 Å². The Hall–Kier alpha value is -3.91. The number of aryl methyl sites for hydroxylation is 1. The Morgan fingerprint density at radius 3 is 2.10 bits per heavy atom. The average molecular weight is 598 g/mol. The zero-order valence-electron chi connectivity index (χ0n) is 21.9. The van der Waals surface area contributed by atoms with E-state index >= 15 is 0 Å². The van der Waals surface area contributed by atoms with Crippen LogP contribution >= 0.6 is 0 Å². The zero-order chi connectivity index (χ0) is 30.6. The summed E-state index contributed by atoms with van der Waals surface area (Å²) in [6.45, 7) is 1.34. The topological polar surface area (TPSA) is 113 Å². The maximum absolute atomic E-state index is 14.5. The number of aliphatic hydroxyl groups is 1. The molecule has 0 bridgehead atoms. The summed E-state index contributed by atoms with van der Waals surface area (Å²) in [7, 11) is 0. The molecule has 1 aliphatic carbocycles. The minimum absolute atomic E-state index is 0.0789. The second-order valence-corrected chi connectivity index (χ2v) is 10.2. The molecule has 1 aromatic heterocycles. The molecule has 14 heteroatoms. The molecule has 1 aliphatic heterocycles. The highest BCUT2D eigenvalue weighted by Gasteiger charge is 2.75. The maximum atomic E-state index is 14.5. The molecule has 2 aliphatic rings. The number of nitrogens with zero attached hydrogens (tertiary/aromatic N) is 1. The molecule has 0 saturated carbocycles. The van der Waals surface area contributed by atoms with Crippen LogP contribution in [-0.2, 0) is 21.4 Å². The summed E-state index contributed by atoms with van der Waals surface area (Å²) >= 11 is 0. The summed E-state index contributed by atoms with van der Waals surface area (Å²) in [6, 6.07) is 8.20. The van der Waals surface area contributed by atoms with Crippen LogP contribution in [0.5, 0.6) is 0 Å². The third-order valence-electron chi connectivity index (χ3n) is 7.88. The number of fused-ring (bicyclic) bond motifs is 2. The van der Waals surface area contributed by atoms with Gasteiger partial charge in [-0.1, -0.05) is 55.5 Å². The lowest BCUT2D eigenvalue weighted by atomic mass is 9.62. The van der Waals surface area contributed by atoms with Crippen molar-refractivity contribution in [3.63, 3.8) is 0 Å². The Bertz CT molecular complexity index is 1570. The van der Waals surface area contributed by atoms with Crippen molar-refractivity contribution in [2.24, 2.45) is 0 Å². The minimum atomic E-state index is -5.78. The lowest BCUT2D eigenvalue weighted by molar-refractivity contribution is -0.289. The summed E-state index contributed by atoms with van der Waals surface area (Å²) in [5.74, 6) is -2.43. The molecular formula is C28H25F6N3O5. The summed E-state index contributed by atoms with van der Waals surface area (Å²) < 4.78 is 94.1. The normalized spacial score (nSPS) is 22.0. The van der Waals surface area contributed by atoms with Gasteiger partial charge in [-0.15, -0.1) is 0 Å². The fourth-order valence-electron chi connectivity index (χ4n) is 5.91. The van der Waals surface area contributed by atoms with E-state index in [1.54, 1.807) is 6.92 Å². The number of carbonyl (C=O) groups excluding carboxylic acids is 1. The quantitative estimate of drug-likeness (QED) is 0.391. The first-order valence-corrected chi connectivity index (χ1v) is 13.0. The van der Waals surface area contributed by atoms with E-state index in [0.717, 1.165) is 41.0 Å². The van der Waals surface area contributed by atoms with Gasteiger partial charge < -0.3 is 15.2 Å². The molecule has 0 spiro atoms. The zero-order valence-corrected chi connectivity index (χ0v) is 21.9. The van der Waals surface area contributed by atoms with Crippen LogP contribution in [0.2, 0.25) is 0 Å². The van der Waals surface area contributed by atoms with Crippen molar-refractivity contribution >= 4 is 5.91 Å². The molecule has 1 unspecified atom stereocenters. The predicted octanol–water partition coefficient (Wildman–Crippen LogP) is 3.42. The Morgan fingerprint density at radius 1 is 1.02 bits per heavy atom. The number of aliphatic hydroxyl groups excluding tert-OH is 1. The highest BCUT2D eigenvalue weighted by Crippen LogP contribution is 2.61. The number of halogens is 6. The van der Waals surface area contributed by atoms with Gasteiger partial charge in [0.1, 0.15) is 12.3 Å². The summed E-state index contributed by atoms with van der Waals surface area (Å²) in [5, 5.41) is 13.1. The Morgan fingerprint density at radius 2 is 1.57 bits per heavy atom. The molecule has 224 valence electrons. The monoisotopic (exact) mass is 597 g/mol. The standard InChI is InChI=1S/C28H25F6N3O5/c1-2-14-13-37(25(41)36-23(14)39)21-11-19(38)20(42-21)12-35-24(40)22-15-7-3-5-9-17(15)26(27(29,30)31,28(32,33)34)18-10-6-4-8-16(18)22/h3-10,13,19-22,38H,2,11-12H2,1H3,(H,35,40)(H,36,39,41)/t19-,20+,21?/m0/s1. The predicted molar refractivity (Wildman–Crippen MR) is 136 cm³/mol. The van der Waals surface area contributed by atoms with Crippen LogP contribution in [-0.4, -0.2) is 51.7 Å². The lowest BCUT2D eigenvalue weighted by Gasteiger charge is -2.45. The molecule has 2 aromatic carbocycles. The van der Waals surface area contributed by atoms with Gasteiger partial charge in [-0.3, -0.25) is 19.1 Å². The van der Waals surface area contributed by atoms with Crippen LogP contribution in [0.25, 0.3) is 0 Å². The number of benzene rings is 2. The Kier molecular flexibility index (Phi) is 7.34. The van der Waals surface area contributed by atoms with Crippen LogP contribution < -0.4 is 16.6 Å². The number of nitrogens with one attached hydrogen (secondary N) is 2. The van der Waals surface area contributed by atoms with Crippen LogP contribution in [0.1, 0.15) is 53.3 Å². The van der Waals surface area contributed by atoms with Gasteiger partial charge in [-0.2, -0.15) is 26.3 Å². The van der Waals surface area contributed by atoms with Crippen molar-refractivity contribution in [3.8, 4) is 0 Å². The van der Waals surface area contributed by atoms with Crippen molar-refractivity contribution in [2.45, 2.75) is 61.9 Å². The number of carbonyl (C=O) groups is 1. The van der Waals surface area contributed by atoms with E-state index in [2.05, 4.69) is 10.3 Å². The maximum Gasteiger partial charge on any atom is 0.411 e. The number of rotatable bonds is 5. The molecule has 8 nitrogen and oxygen atoms in total. The molecule has 3 N–H and O–H groups in total. The third kappa shape index (κ3) is 4.53. The van der Waals surface area contributed by atoms with E-state index in [9.17, 15) is 45.8 Å². The molecule has 3 atom stereocenters. The molecule has 0 radical (unpaired) electrons. The summed E-state index contributed by atoms with van der Waals surface area (Å²) in [6.07, 6.45) is -13.3. The number of ether oxygens (including phenoxy) is 1. The molecule has 2 heterocycles. The van der Waals surface area contributed by atoms with E-state index < -0.39 is 81.5 Å². The van der Waals surface area contributed by atoms with Gasteiger partial charge in [0.25, 0.3) is 5.56 Å². The lowest BCUT2D eigenvalue weighted by Crippen LogP contribution is -2.58. The van der Waals surface area contributed by atoms with Gasteiger partial charge >= 0.3 is 18.0 Å². The summed E-state index contributed by atoms with van der Waals surface area (Å²) in [5.41, 5.74) is -8.49. The summed E-state index contributed by atoms with van der Waals surface area (Å²) in [4.78, 5) is 39.9. The van der Waals surface area contributed by atoms with E-state index in [4.69, 9.17) is 4.74 Å². The van der Waals surface area contributed by atoms with E-state index in [1.165, 1.54) is 18.3 Å². The van der Waals surface area contributed by atoms with Gasteiger partial charge in [0, 0.05) is 24.7 Å². The van der Waals surface area contributed by atoms with Crippen LogP contribution in [0.4, 0.5) is 26.3 Å². The minimum Gasteiger partial charge on any atom is -0.390 e. The van der Waals surface area contributed by atoms with Crippen LogP contribution in [0.15, 0.2) is 64.3 Å². The second-order valence-electron chi connectivity index (χ2n) is 10.2. The second kappa shape index (κ2) is 10.4. The van der Waals surface area contributed by atoms with Crippen molar-refractivity contribution in [1.29, 1.82) is 0 Å². The van der Waals surface area contributed by atoms with Crippen molar-refractivity contribution in [1.82, 2.24) is 14.9 Å². The number of hydrogen-bond acceptors (Lipinski definition) is 5. The van der Waals surface area contributed by atoms with E-state index in [-0.39, 0.29) is 13.0 Å². The first-order chi connectivity index (χ1) is 19.7. The third-order valence-corrected chi connectivity index (χ3v) is 7.88. The first kappa shape index (κ1) is 29.6. The molecule has 1 saturated heterocycles. The number of alkyl halides is 6. The van der Waals surface area contributed by atoms with Gasteiger partial charge in [-0.25, -0.2) is 4.79 Å². The smallest absolute Gasteiger partial charge is 0.390 e. The van der Waals surface area contributed by atoms with Crippen molar-refractivity contribution in [2.75, 3.05) is 6.54 Å². The number of amides is 1. The van der Waals surface area contributed by atoms with E-state index in [1.807, 2.05) is 0 Å². The molecule has 5 rings (SSSR count). The van der Waals surface area contributed by atoms with Gasteiger partial charge in [0.2, 0.25) is 11.3 Å². The molecule has 1 amide bonds. The number of aromatic amines is 1. The number of aromatic nitrogens is 2. The fourth-order valence-corrected chi connectivity index (χ4v) is 5.91. The first-order valence-electron chi connectivity index (χ1n) is 13.0. The average Bonchev–Trinajstić information content (AvgIpc) is 3.28. The molecule has 42 heavy (non-hydrogen) atoms. The molecule has 1 fully saturated rings. The Balaban J connectivity index is 1.46. The highest BCUT2D eigenvalue weighted by molar-refractivity contribution is 5.89. The van der Waals surface area contributed by atoms with Crippen molar-refractivity contribution < 1.29 is 41.0 Å². The number of H-pyrrole nitrogens is 1. The fraction of sp³-hybridized carbons (Fsp3) is 0.393. The van der Waals surface area contributed by atoms with E-state index in [0.29, 0.717) is 12.0 Å². The van der Waals surface area contributed by atoms with Crippen molar-refractivity contribution in [3.05, 3.63) is 103 Å². The van der Waals surface area contributed by atoms with Gasteiger partial charge in [-0.05, 0) is 28.7 Å². The SMILES string of the molecule is CCc1cn(C2C[C@H](O)[C@@H](CNC(=O)C3c4ccccc4C(C(F)(F)F)(C(F)(F)F)c4ccccc43)O2)c(=O)[nH]c1=O. The highest BCUT2D eigenvalue weighted by atomic mass is 19.4.